The Kier molecular flexibility index (Phi) is 14.9. The van der Waals surface area contributed by atoms with Crippen LogP contribution in [0.25, 0.3) is 0 Å². The average Bonchev–Trinajstić information content (AvgIpc) is 2.46. The van der Waals surface area contributed by atoms with E-state index in [0.717, 1.165) is 37.9 Å². The van der Waals surface area contributed by atoms with Crippen LogP contribution in [-0.4, -0.2) is 24.6 Å². The molecule has 0 unspecified atom stereocenters. The van der Waals surface area contributed by atoms with E-state index < -0.39 is 0 Å². The molecule has 0 aliphatic rings. The Morgan fingerprint density at radius 1 is 0.727 bits per heavy atom. The van der Waals surface area contributed by atoms with Crippen LogP contribution >= 0.6 is 0 Å². The summed E-state index contributed by atoms with van der Waals surface area (Å²) < 4.78 is 0. The van der Waals surface area contributed by atoms with Gasteiger partial charge in [-0.15, -0.1) is 0 Å². The predicted molar refractivity (Wildman–Crippen MR) is 98.2 cm³/mol. The second-order valence-corrected chi connectivity index (χ2v) is 7.39. The summed E-state index contributed by atoms with van der Waals surface area (Å²) in [6.07, 6.45) is 11.9. The lowest BCUT2D eigenvalue weighted by Crippen LogP contribution is -2.21. The van der Waals surface area contributed by atoms with Crippen molar-refractivity contribution in [3.63, 3.8) is 0 Å². The maximum Gasteiger partial charge on any atom is 0.0617 e. The first kappa shape index (κ1) is 21.4. The molecule has 0 radical (unpaired) electrons. The van der Waals surface area contributed by atoms with E-state index in [1.54, 1.807) is 0 Å². The fourth-order valence-corrected chi connectivity index (χ4v) is 2.40. The molecule has 22 heavy (non-hydrogen) atoms. The topological polar surface area (TPSA) is 28.0 Å². The van der Waals surface area contributed by atoms with Crippen LogP contribution in [0.1, 0.15) is 92.4 Å². The molecule has 0 aromatic heterocycles. The molecule has 0 N–H and O–H groups in total. The first-order valence-electron chi connectivity index (χ1n) is 9.68. The number of hydrogen-bond donors (Lipinski definition) is 0. The third-order valence-electron chi connectivity index (χ3n) is 3.93. The van der Waals surface area contributed by atoms with E-state index in [1.807, 2.05) is 0 Å². The highest BCUT2D eigenvalue weighted by atomic mass is 15.5. The molecule has 0 bridgehead atoms. The Bertz CT molecular complexity index is 249. The van der Waals surface area contributed by atoms with Crippen molar-refractivity contribution >= 4 is 0 Å². The largest absolute Gasteiger partial charge is 0.279 e. The van der Waals surface area contributed by atoms with E-state index in [-0.39, 0.29) is 0 Å². The van der Waals surface area contributed by atoms with Gasteiger partial charge >= 0.3 is 0 Å². The van der Waals surface area contributed by atoms with E-state index in [0.29, 0.717) is 0 Å². The van der Waals surface area contributed by atoms with Gasteiger partial charge in [-0.2, -0.15) is 5.11 Å². The fraction of sp³-hybridized carbons (Fsp3) is 1.00. The number of nitrogens with zero attached hydrogens (tertiary/aromatic N) is 3. The Morgan fingerprint density at radius 3 is 1.91 bits per heavy atom. The van der Waals surface area contributed by atoms with Crippen molar-refractivity contribution in [2.45, 2.75) is 92.4 Å². The summed E-state index contributed by atoms with van der Waals surface area (Å²) in [6.45, 7) is 14.3. The molecule has 0 heterocycles. The number of rotatable bonds is 15. The van der Waals surface area contributed by atoms with E-state index in [2.05, 4.69) is 50.0 Å². The molecule has 0 atom stereocenters. The van der Waals surface area contributed by atoms with Crippen molar-refractivity contribution < 1.29 is 0 Å². The molecule has 0 aromatic carbocycles. The zero-order valence-corrected chi connectivity index (χ0v) is 16.0. The van der Waals surface area contributed by atoms with Gasteiger partial charge in [0.25, 0.3) is 0 Å². The van der Waals surface area contributed by atoms with Crippen molar-refractivity contribution in [3.05, 3.63) is 0 Å². The standard InChI is InChI=1S/C19H41N3/c1-6-15-20-21-22(17-14-19(4)5)16-12-10-8-7-9-11-13-18(2)3/h18-19H,6-17H2,1-5H3/b21-20-. The molecule has 0 fully saturated rings. The van der Waals surface area contributed by atoms with Gasteiger partial charge in [0.15, 0.2) is 0 Å². The van der Waals surface area contributed by atoms with Crippen molar-refractivity contribution in [2.24, 2.45) is 22.2 Å². The Balaban J connectivity index is 3.69. The molecular formula is C19H41N3. The van der Waals surface area contributed by atoms with E-state index in [1.165, 1.54) is 51.4 Å². The highest BCUT2D eigenvalue weighted by Crippen LogP contribution is 2.12. The van der Waals surface area contributed by atoms with Crippen LogP contribution in [0.4, 0.5) is 0 Å². The number of hydrogen-bond acceptors (Lipinski definition) is 2. The van der Waals surface area contributed by atoms with E-state index >= 15 is 0 Å². The van der Waals surface area contributed by atoms with E-state index in [4.69, 9.17) is 0 Å². The second-order valence-electron chi connectivity index (χ2n) is 7.39. The molecule has 0 aliphatic heterocycles. The smallest absolute Gasteiger partial charge is 0.0617 e. The van der Waals surface area contributed by atoms with Gasteiger partial charge in [0.1, 0.15) is 0 Å². The van der Waals surface area contributed by atoms with E-state index in [9.17, 15) is 0 Å². The molecule has 3 nitrogen and oxygen atoms in total. The minimum atomic E-state index is 0.741. The number of unbranched alkanes of at least 4 members (excludes halogenated alkanes) is 5. The normalized spacial score (nSPS) is 12.0. The van der Waals surface area contributed by atoms with Crippen LogP contribution in [0.15, 0.2) is 10.3 Å². The lowest BCUT2D eigenvalue weighted by atomic mass is 10.0. The summed E-state index contributed by atoms with van der Waals surface area (Å²) in [6, 6.07) is 0. The van der Waals surface area contributed by atoms with Gasteiger partial charge in [-0.3, -0.25) is 5.01 Å². The van der Waals surface area contributed by atoms with Gasteiger partial charge < -0.3 is 0 Å². The molecule has 0 amide bonds. The Morgan fingerprint density at radius 2 is 1.32 bits per heavy atom. The van der Waals surface area contributed by atoms with Gasteiger partial charge in [0, 0.05) is 13.1 Å². The van der Waals surface area contributed by atoms with Gasteiger partial charge in [0.05, 0.1) is 6.54 Å². The van der Waals surface area contributed by atoms with Gasteiger partial charge in [-0.25, -0.2) is 0 Å². The van der Waals surface area contributed by atoms with Crippen LogP contribution in [0, 0.1) is 11.8 Å². The lowest BCUT2D eigenvalue weighted by Gasteiger charge is -2.18. The molecule has 0 saturated carbocycles. The SMILES string of the molecule is CCC/N=N\N(CCCCCCCCC(C)C)CCC(C)C. The lowest BCUT2D eigenvalue weighted by molar-refractivity contribution is 0.243. The van der Waals surface area contributed by atoms with Crippen LogP contribution in [0.3, 0.4) is 0 Å². The minimum absolute atomic E-state index is 0.741. The monoisotopic (exact) mass is 311 g/mol. The Hall–Kier alpha value is -0.600. The second kappa shape index (κ2) is 15.3. The average molecular weight is 312 g/mol. The van der Waals surface area contributed by atoms with Crippen LogP contribution in [0.5, 0.6) is 0 Å². The molecule has 0 spiro atoms. The summed E-state index contributed by atoms with van der Waals surface area (Å²) >= 11 is 0. The first-order chi connectivity index (χ1) is 10.6. The third kappa shape index (κ3) is 15.8. The summed E-state index contributed by atoms with van der Waals surface area (Å²) in [4.78, 5) is 0. The van der Waals surface area contributed by atoms with Crippen molar-refractivity contribution in [3.8, 4) is 0 Å². The molecule has 132 valence electrons. The van der Waals surface area contributed by atoms with Crippen molar-refractivity contribution in [1.29, 1.82) is 0 Å². The maximum absolute atomic E-state index is 4.41. The zero-order valence-electron chi connectivity index (χ0n) is 16.0. The summed E-state index contributed by atoms with van der Waals surface area (Å²) in [5.74, 6) is 1.60. The van der Waals surface area contributed by atoms with Crippen LogP contribution in [-0.2, 0) is 0 Å². The first-order valence-corrected chi connectivity index (χ1v) is 9.68. The summed E-state index contributed by atoms with van der Waals surface area (Å²) in [7, 11) is 0. The summed E-state index contributed by atoms with van der Waals surface area (Å²) in [5.41, 5.74) is 0. The highest BCUT2D eigenvalue weighted by Gasteiger charge is 2.03. The fourth-order valence-electron chi connectivity index (χ4n) is 2.40. The zero-order chi connectivity index (χ0) is 16.6. The van der Waals surface area contributed by atoms with Crippen molar-refractivity contribution in [2.75, 3.05) is 19.6 Å². The summed E-state index contributed by atoms with van der Waals surface area (Å²) in [5, 5.41) is 10.9. The maximum atomic E-state index is 4.41. The van der Waals surface area contributed by atoms with Crippen LogP contribution in [0.2, 0.25) is 0 Å². The highest BCUT2D eigenvalue weighted by molar-refractivity contribution is 4.56. The molecule has 0 saturated heterocycles. The third-order valence-corrected chi connectivity index (χ3v) is 3.93. The molecule has 0 rings (SSSR count). The van der Waals surface area contributed by atoms with Gasteiger partial charge in [-0.1, -0.05) is 78.4 Å². The molecule has 0 aromatic rings. The quantitative estimate of drug-likeness (QED) is 0.193. The van der Waals surface area contributed by atoms with Gasteiger partial charge in [0.2, 0.25) is 0 Å². The van der Waals surface area contributed by atoms with Crippen molar-refractivity contribution in [1.82, 2.24) is 5.01 Å². The molecule has 0 aliphatic carbocycles. The molecule has 3 heteroatoms. The van der Waals surface area contributed by atoms with Gasteiger partial charge in [-0.05, 0) is 31.1 Å². The predicted octanol–water partition coefficient (Wildman–Crippen LogP) is 6.50. The molecular weight excluding hydrogens is 270 g/mol. The van der Waals surface area contributed by atoms with Crippen LogP contribution < -0.4 is 0 Å². The minimum Gasteiger partial charge on any atom is -0.279 e. The Labute approximate surface area is 139 Å².